The molecule has 0 N–H and O–H groups in total. The predicted molar refractivity (Wildman–Crippen MR) is 87.8 cm³/mol. The van der Waals surface area contributed by atoms with Gasteiger partial charge in [-0.2, -0.15) is 0 Å². The maximum absolute atomic E-state index is 5.36. The van der Waals surface area contributed by atoms with Gasteiger partial charge in [0.25, 0.3) is 0 Å². The molecule has 0 spiro atoms. The van der Waals surface area contributed by atoms with Crippen LogP contribution >= 0.6 is 11.8 Å². The first-order chi connectivity index (χ1) is 10.4. The maximum atomic E-state index is 5.36. The Morgan fingerprint density at radius 3 is 2.29 bits per heavy atom. The van der Waals surface area contributed by atoms with Crippen molar-refractivity contribution in [2.45, 2.75) is 9.79 Å². The number of hydrogen-bond acceptors (Lipinski definition) is 2. The Morgan fingerprint density at radius 1 is 0.857 bits per heavy atom. The molecule has 0 unspecified atom stereocenters. The highest BCUT2D eigenvalue weighted by Crippen LogP contribution is 2.35. The van der Waals surface area contributed by atoms with E-state index in [0.29, 0.717) is 0 Å². The van der Waals surface area contributed by atoms with Crippen molar-refractivity contribution < 1.29 is 4.74 Å². The van der Waals surface area contributed by atoms with E-state index in [-0.39, 0.29) is 0 Å². The molecule has 0 atom stereocenters. The molecule has 2 heteroatoms. The lowest BCUT2D eigenvalue weighted by atomic mass is 10.1. The molecule has 0 fully saturated rings. The SMILES string of the molecule is COc1c[c]ccc1Sc1ccc(-c2ccccc2)cc1. The van der Waals surface area contributed by atoms with E-state index in [2.05, 4.69) is 54.6 Å². The molecule has 0 amide bonds. The van der Waals surface area contributed by atoms with Crippen LogP contribution < -0.4 is 4.74 Å². The summed E-state index contributed by atoms with van der Waals surface area (Å²) in [6.45, 7) is 0. The van der Waals surface area contributed by atoms with Gasteiger partial charge in [0.05, 0.1) is 12.0 Å². The van der Waals surface area contributed by atoms with Crippen molar-refractivity contribution in [3.05, 3.63) is 78.9 Å². The molecule has 0 bridgehead atoms. The van der Waals surface area contributed by atoms with Crippen molar-refractivity contribution in [1.29, 1.82) is 0 Å². The molecule has 3 rings (SSSR count). The van der Waals surface area contributed by atoms with Gasteiger partial charge in [0.1, 0.15) is 5.75 Å². The fraction of sp³-hybridized carbons (Fsp3) is 0.0526. The smallest absolute Gasteiger partial charge is 0.133 e. The van der Waals surface area contributed by atoms with Gasteiger partial charge < -0.3 is 4.74 Å². The van der Waals surface area contributed by atoms with Crippen LogP contribution in [0.3, 0.4) is 0 Å². The molecular formula is C19H15OS. The topological polar surface area (TPSA) is 9.23 Å². The van der Waals surface area contributed by atoms with E-state index in [9.17, 15) is 0 Å². The van der Waals surface area contributed by atoms with Gasteiger partial charge in [-0.3, -0.25) is 0 Å². The first kappa shape index (κ1) is 13.8. The molecule has 0 aromatic heterocycles. The summed E-state index contributed by atoms with van der Waals surface area (Å²) >= 11 is 1.70. The molecule has 103 valence electrons. The van der Waals surface area contributed by atoms with Gasteiger partial charge in [-0.05, 0) is 41.5 Å². The molecule has 1 nitrogen and oxygen atoms in total. The summed E-state index contributed by atoms with van der Waals surface area (Å²) in [5.41, 5.74) is 2.47. The van der Waals surface area contributed by atoms with Crippen molar-refractivity contribution in [3.63, 3.8) is 0 Å². The minimum absolute atomic E-state index is 0.856. The molecule has 0 heterocycles. The molecule has 0 aliphatic carbocycles. The standard InChI is InChI=1S/C19H15OS/c1-20-18-9-5-6-10-19(18)21-17-13-11-16(12-14-17)15-7-3-2-4-8-15/h2-4,6-14H,1H3. The first-order valence-electron chi connectivity index (χ1n) is 6.74. The predicted octanol–water partition coefficient (Wildman–Crippen LogP) is 5.31. The fourth-order valence-corrected chi connectivity index (χ4v) is 3.02. The third-order valence-electron chi connectivity index (χ3n) is 3.20. The van der Waals surface area contributed by atoms with Gasteiger partial charge in [0, 0.05) is 4.90 Å². The zero-order valence-electron chi connectivity index (χ0n) is 11.7. The van der Waals surface area contributed by atoms with Crippen molar-refractivity contribution >= 4 is 11.8 Å². The third-order valence-corrected chi connectivity index (χ3v) is 4.26. The molecule has 3 aromatic rings. The second-order valence-corrected chi connectivity index (χ2v) is 5.68. The number of hydrogen-bond donors (Lipinski definition) is 0. The lowest BCUT2D eigenvalue weighted by molar-refractivity contribution is 0.404. The van der Waals surface area contributed by atoms with E-state index in [1.54, 1.807) is 18.9 Å². The summed E-state index contributed by atoms with van der Waals surface area (Å²) < 4.78 is 5.36. The maximum Gasteiger partial charge on any atom is 0.133 e. The number of methoxy groups -OCH3 is 1. The number of benzene rings is 3. The summed E-state index contributed by atoms with van der Waals surface area (Å²) in [7, 11) is 1.69. The van der Waals surface area contributed by atoms with Crippen LogP contribution in [0.5, 0.6) is 5.75 Å². The molecular weight excluding hydrogens is 276 g/mol. The average Bonchev–Trinajstić information content (AvgIpc) is 2.57. The molecule has 21 heavy (non-hydrogen) atoms. The Kier molecular flexibility index (Phi) is 4.27. The highest BCUT2D eigenvalue weighted by Gasteiger charge is 2.04. The van der Waals surface area contributed by atoms with Gasteiger partial charge in [-0.25, -0.2) is 0 Å². The largest absolute Gasteiger partial charge is 0.496 e. The summed E-state index contributed by atoms with van der Waals surface area (Å²) in [5, 5.41) is 0. The van der Waals surface area contributed by atoms with Gasteiger partial charge in [0.2, 0.25) is 0 Å². The minimum atomic E-state index is 0.856. The molecule has 0 saturated heterocycles. The lowest BCUT2D eigenvalue weighted by Crippen LogP contribution is -1.85. The van der Waals surface area contributed by atoms with Crippen LogP contribution in [0.4, 0.5) is 0 Å². The van der Waals surface area contributed by atoms with E-state index in [1.807, 2.05) is 24.3 Å². The van der Waals surface area contributed by atoms with Gasteiger partial charge in [-0.15, -0.1) is 0 Å². The number of rotatable bonds is 4. The van der Waals surface area contributed by atoms with Crippen molar-refractivity contribution in [2.75, 3.05) is 7.11 Å². The van der Waals surface area contributed by atoms with Crippen LogP contribution in [0.25, 0.3) is 11.1 Å². The highest BCUT2D eigenvalue weighted by atomic mass is 32.2. The van der Waals surface area contributed by atoms with Crippen LogP contribution in [0.1, 0.15) is 0 Å². The minimum Gasteiger partial charge on any atom is -0.496 e. The second kappa shape index (κ2) is 6.51. The lowest BCUT2D eigenvalue weighted by Gasteiger charge is -2.08. The normalized spacial score (nSPS) is 10.3. The third kappa shape index (κ3) is 3.29. The Balaban J connectivity index is 1.82. The molecule has 0 aliphatic rings. The monoisotopic (exact) mass is 291 g/mol. The fourth-order valence-electron chi connectivity index (χ4n) is 2.12. The molecule has 3 aromatic carbocycles. The molecule has 0 aliphatic heterocycles. The van der Waals surface area contributed by atoms with Gasteiger partial charge in [-0.1, -0.05) is 60.3 Å². The second-order valence-electron chi connectivity index (χ2n) is 4.57. The van der Waals surface area contributed by atoms with Crippen LogP contribution in [0.2, 0.25) is 0 Å². The van der Waals surface area contributed by atoms with Crippen molar-refractivity contribution in [3.8, 4) is 16.9 Å². The average molecular weight is 291 g/mol. The van der Waals surface area contributed by atoms with E-state index in [0.717, 1.165) is 10.6 Å². The van der Waals surface area contributed by atoms with E-state index in [1.165, 1.54) is 16.0 Å². The Labute approximate surface area is 129 Å². The Morgan fingerprint density at radius 2 is 1.57 bits per heavy atom. The van der Waals surface area contributed by atoms with Crippen LogP contribution in [0.15, 0.2) is 82.6 Å². The summed E-state index contributed by atoms with van der Waals surface area (Å²) in [4.78, 5) is 2.29. The summed E-state index contributed by atoms with van der Waals surface area (Å²) in [6, 6.07) is 27.8. The van der Waals surface area contributed by atoms with E-state index >= 15 is 0 Å². The highest BCUT2D eigenvalue weighted by molar-refractivity contribution is 7.99. The van der Waals surface area contributed by atoms with Crippen LogP contribution in [-0.2, 0) is 0 Å². The summed E-state index contributed by atoms with van der Waals surface area (Å²) in [5.74, 6) is 0.856. The Hall–Kier alpha value is -2.19. The first-order valence-corrected chi connectivity index (χ1v) is 7.56. The van der Waals surface area contributed by atoms with Crippen LogP contribution in [-0.4, -0.2) is 7.11 Å². The van der Waals surface area contributed by atoms with Gasteiger partial charge in [0.15, 0.2) is 0 Å². The molecule has 0 saturated carbocycles. The van der Waals surface area contributed by atoms with Gasteiger partial charge >= 0.3 is 0 Å². The van der Waals surface area contributed by atoms with Crippen molar-refractivity contribution in [1.82, 2.24) is 0 Å². The zero-order valence-corrected chi connectivity index (χ0v) is 12.6. The van der Waals surface area contributed by atoms with Crippen molar-refractivity contribution in [2.24, 2.45) is 0 Å². The van der Waals surface area contributed by atoms with E-state index in [4.69, 9.17) is 4.74 Å². The quantitative estimate of drug-likeness (QED) is 0.644. The summed E-state index contributed by atoms with van der Waals surface area (Å²) in [6.07, 6.45) is 0. The Bertz CT molecular complexity index is 705. The molecule has 1 radical (unpaired) electrons. The number of ether oxygens (including phenoxy) is 1. The zero-order chi connectivity index (χ0) is 14.5. The van der Waals surface area contributed by atoms with Crippen LogP contribution in [0, 0.1) is 6.07 Å². The van der Waals surface area contributed by atoms with E-state index < -0.39 is 0 Å².